The SMILES string of the molecule is CC(=O)OC[C@H](COc1ccc(C(C)(C)c2ccc(OC[C@@H](C)CCl)cc2)cc1)OC(C)=O. The molecule has 0 aliphatic rings. The highest BCUT2D eigenvalue weighted by Gasteiger charge is 2.23. The second-order valence-corrected chi connectivity index (χ2v) is 8.90. The van der Waals surface area contributed by atoms with E-state index in [0.717, 1.165) is 16.9 Å². The number of carbonyl (C=O) groups excluding carboxylic acids is 2. The van der Waals surface area contributed by atoms with Gasteiger partial charge in [-0.25, -0.2) is 0 Å². The summed E-state index contributed by atoms with van der Waals surface area (Å²) in [6, 6.07) is 15.9. The molecule has 0 fully saturated rings. The summed E-state index contributed by atoms with van der Waals surface area (Å²) in [7, 11) is 0. The van der Waals surface area contributed by atoms with Gasteiger partial charge in [0.1, 0.15) is 24.7 Å². The van der Waals surface area contributed by atoms with Gasteiger partial charge in [-0.05, 0) is 35.4 Å². The van der Waals surface area contributed by atoms with E-state index in [1.54, 1.807) is 0 Å². The fraction of sp³-hybridized carbons (Fsp3) is 0.462. The predicted octanol–water partition coefficient (Wildman–Crippen LogP) is 5.14. The first-order chi connectivity index (χ1) is 15.6. The number of esters is 2. The quantitative estimate of drug-likeness (QED) is 0.312. The maximum absolute atomic E-state index is 11.3. The van der Waals surface area contributed by atoms with E-state index in [1.807, 2.05) is 43.3 Å². The lowest BCUT2D eigenvalue weighted by atomic mass is 9.78. The number of hydrogen-bond acceptors (Lipinski definition) is 6. The molecular formula is C26H33ClO6. The van der Waals surface area contributed by atoms with Gasteiger partial charge in [0.2, 0.25) is 0 Å². The number of halogens is 1. The van der Waals surface area contributed by atoms with Crippen LogP contribution in [0, 0.1) is 5.92 Å². The number of carbonyl (C=O) groups is 2. The van der Waals surface area contributed by atoms with Crippen LogP contribution in [0.2, 0.25) is 0 Å². The van der Waals surface area contributed by atoms with Gasteiger partial charge in [0.25, 0.3) is 0 Å². The lowest BCUT2D eigenvalue weighted by molar-refractivity contribution is -0.158. The van der Waals surface area contributed by atoms with Crippen molar-refractivity contribution >= 4 is 23.5 Å². The Hall–Kier alpha value is -2.73. The smallest absolute Gasteiger partial charge is 0.303 e. The van der Waals surface area contributed by atoms with Crippen LogP contribution in [0.25, 0.3) is 0 Å². The molecule has 0 N–H and O–H groups in total. The van der Waals surface area contributed by atoms with Gasteiger partial charge in [-0.3, -0.25) is 9.59 Å². The molecule has 0 saturated heterocycles. The Balaban J connectivity index is 2.00. The molecule has 0 aliphatic heterocycles. The van der Waals surface area contributed by atoms with Crippen LogP contribution >= 0.6 is 11.6 Å². The Morgan fingerprint density at radius 2 is 1.30 bits per heavy atom. The summed E-state index contributed by atoms with van der Waals surface area (Å²) < 4.78 is 21.6. The Kier molecular flexibility index (Phi) is 10.0. The standard InChI is InChI=1S/C26H33ClO6/c1-18(14-27)15-31-23-10-6-21(7-11-23)26(4,5)22-8-12-24(13-9-22)32-17-25(33-20(3)29)16-30-19(2)28/h6-13,18,25H,14-17H2,1-5H3/t18-,25+/m0/s1. The minimum Gasteiger partial charge on any atom is -0.493 e. The molecule has 0 saturated carbocycles. The molecule has 0 bridgehead atoms. The lowest BCUT2D eigenvalue weighted by Crippen LogP contribution is -2.29. The van der Waals surface area contributed by atoms with Crippen molar-refractivity contribution < 1.29 is 28.5 Å². The third-order valence-electron chi connectivity index (χ3n) is 5.19. The normalized spacial score (nSPS) is 13.0. The highest BCUT2D eigenvalue weighted by molar-refractivity contribution is 6.18. The van der Waals surface area contributed by atoms with Gasteiger partial charge in [-0.2, -0.15) is 0 Å². The average molecular weight is 477 g/mol. The summed E-state index contributed by atoms with van der Waals surface area (Å²) in [4.78, 5) is 22.3. The van der Waals surface area contributed by atoms with E-state index in [1.165, 1.54) is 13.8 Å². The molecule has 6 nitrogen and oxygen atoms in total. The lowest BCUT2D eigenvalue weighted by Gasteiger charge is -2.26. The van der Waals surface area contributed by atoms with Crippen LogP contribution in [0.5, 0.6) is 11.5 Å². The molecule has 0 aromatic heterocycles. The third-order valence-corrected chi connectivity index (χ3v) is 5.72. The molecule has 2 aromatic rings. The first-order valence-electron chi connectivity index (χ1n) is 10.9. The molecule has 0 aliphatic carbocycles. The molecule has 2 rings (SSSR count). The van der Waals surface area contributed by atoms with Crippen molar-refractivity contribution in [2.24, 2.45) is 5.92 Å². The van der Waals surface area contributed by atoms with Crippen LogP contribution in [0.3, 0.4) is 0 Å². The van der Waals surface area contributed by atoms with Gasteiger partial charge in [-0.15, -0.1) is 11.6 Å². The molecule has 0 radical (unpaired) electrons. The fourth-order valence-electron chi connectivity index (χ4n) is 3.14. The van der Waals surface area contributed by atoms with Gasteiger partial charge in [0.15, 0.2) is 6.10 Å². The molecule has 2 aromatic carbocycles. The van der Waals surface area contributed by atoms with E-state index in [9.17, 15) is 9.59 Å². The minimum absolute atomic E-state index is 0.0511. The number of benzene rings is 2. The second kappa shape index (κ2) is 12.5. The number of alkyl halides is 1. The van der Waals surface area contributed by atoms with Crippen molar-refractivity contribution in [1.82, 2.24) is 0 Å². The average Bonchev–Trinajstić information content (AvgIpc) is 2.79. The molecule has 0 amide bonds. The molecule has 180 valence electrons. The first kappa shape index (κ1) is 26.5. The van der Waals surface area contributed by atoms with E-state index < -0.39 is 18.0 Å². The minimum atomic E-state index is -0.671. The maximum atomic E-state index is 11.3. The van der Waals surface area contributed by atoms with Gasteiger partial charge in [0.05, 0.1) is 6.61 Å². The van der Waals surface area contributed by atoms with Gasteiger partial charge in [-0.1, -0.05) is 45.0 Å². The van der Waals surface area contributed by atoms with Crippen LogP contribution in [0.15, 0.2) is 48.5 Å². The molecule has 0 unspecified atom stereocenters. The molecule has 0 spiro atoms. The molecule has 33 heavy (non-hydrogen) atoms. The van der Waals surface area contributed by atoms with Crippen molar-refractivity contribution in [1.29, 1.82) is 0 Å². The predicted molar refractivity (Wildman–Crippen MR) is 128 cm³/mol. The third kappa shape index (κ3) is 8.61. The molecule has 0 heterocycles. The van der Waals surface area contributed by atoms with Crippen LogP contribution in [0.4, 0.5) is 0 Å². The van der Waals surface area contributed by atoms with Crippen molar-refractivity contribution in [3.8, 4) is 11.5 Å². The zero-order chi connectivity index (χ0) is 24.4. The Morgan fingerprint density at radius 1 is 0.818 bits per heavy atom. The summed E-state index contributed by atoms with van der Waals surface area (Å²) in [5.74, 6) is 1.43. The Bertz CT molecular complexity index is 892. The summed E-state index contributed by atoms with van der Waals surface area (Å²) in [6.07, 6.45) is -0.671. The molecular weight excluding hydrogens is 444 g/mol. The topological polar surface area (TPSA) is 71.1 Å². The number of ether oxygens (including phenoxy) is 4. The van der Waals surface area contributed by atoms with E-state index in [-0.39, 0.29) is 18.6 Å². The van der Waals surface area contributed by atoms with Crippen molar-refractivity contribution in [2.45, 2.75) is 46.1 Å². The van der Waals surface area contributed by atoms with E-state index >= 15 is 0 Å². The van der Waals surface area contributed by atoms with Crippen molar-refractivity contribution in [3.63, 3.8) is 0 Å². The summed E-state index contributed by atoms with van der Waals surface area (Å²) in [5.41, 5.74) is 2.05. The van der Waals surface area contributed by atoms with Crippen LogP contribution in [-0.4, -0.2) is 43.7 Å². The van der Waals surface area contributed by atoms with E-state index in [0.29, 0.717) is 24.2 Å². The highest BCUT2D eigenvalue weighted by Crippen LogP contribution is 2.33. The van der Waals surface area contributed by atoms with Crippen molar-refractivity contribution in [2.75, 3.05) is 25.7 Å². The molecule has 2 atom stereocenters. The number of hydrogen-bond donors (Lipinski definition) is 0. The van der Waals surface area contributed by atoms with Crippen LogP contribution in [-0.2, 0) is 24.5 Å². The number of rotatable bonds is 12. The molecule has 7 heteroatoms. The second-order valence-electron chi connectivity index (χ2n) is 8.59. The Morgan fingerprint density at radius 3 is 1.73 bits per heavy atom. The van der Waals surface area contributed by atoms with Gasteiger partial charge < -0.3 is 18.9 Å². The zero-order valence-corrected chi connectivity index (χ0v) is 20.7. The maximum Gasteiger partial charge on any atom is 0.303 e. The largest absolute Gasteiger partial charge is 0.493 e. The summed E-state index contributed by atoms with van der Waals surface area (Å²) in [5, 5.41) is 0. The van der Waals surface area contributed by atoms with Crippen LogP contribution < -0.4 is 9.47 Å². The Labute approximate surface area is 201 Å². The first-order valence-corrected chi connectivity index (χ1v) is 11.5. The fourth-order valence-corrected chi connectivity index (χ4v) is 3.22. The van der Waals surface area contributed by atoms with E-state index in [2.05, 4.69) is 26.0 Å². The van der Waals surface area contributed by atoms with Crippen LogP contribution in [0.1, 0.15) is 45.7 Å². The summed E-state index contributed by atoms with van der Waals surface area (Å²) in [6.45, 7) is 9.59. The van der Waals surface area contributed by atoms with E-state index in [4.69, 9.17) is 30.5 Å². The highest BCUT2D eigenvalue weighted by atomic mass is 35.5. The van der Waals surface area contributed by atoms with Gasteiger partial charge in [0, 0.05) is 31.1 Å². The summed E-state index contributed by atoms with van der Waals surface area (Å²) >= 11 is 5.84. The monoisotopic (exact) mass is 476 g/mol. The van der Waals surface area contributed by atoms with Crippen molar-refractivity contribution in [3.05, 3.63) is 59.7 Å². The van der Waals surface area contributed by atoms with Gasteiger partial charge >= 0.3 is 11.9 Å². The zero-order valence-electron chi connectivity index (χ0n) is 19.9.